The minimum absolute atomic E-state index is 0.0457. The molecule has 156 valence electrons. The lowest BCUT2D eigenvalue weighted by atomic mass is 10.2. The van der Waals surface area contributed by atoms with Gasteiger partial charge < -0.3 is 10.2 Å². The van der Waals surface area contributed by atoms with Crippen molar-refractivity contribution in [3.05, 3.63) is 96.1 Å². The molecule has 4 rings (SSSR count). The SMILES string of the molecule is CN(Cc1ccccc1)C(=O)CSc1nc(NCc2ccccc2)c2ccccc2n1. The van der Waals surface area contributed by atoms with Crippen LogP contribution in [0.4, 0.5) is 5.82 Å². The molecule has 0 aliphatic rings. The number of carbonyl (C=O) groups excluding carboxylic acids is 1. The van der Waals surface area contributed by atoms with Gasteiger partial charge in [0.05, 0.1) is 11.3 Å². The van der Waals surface area contributed by atoms with E-state index in [2.05, 4.69) is 22.4 Å². The molecule has 0 atom stereocenters. The summed E-state index contributed by atoms with van der Waals surface area (Å²) in [5, 5.41) is 4.99. The summed E-state index contributed by atoms with van der Waals surface area (Å²) < 4.78 is 0. The Morgan fingerprint density at radius 3 is 2.26 bits per heavy atom. The maximum atomic E-state index is 12.6. The Morgan fingerprint density at radius 2 is 1.52 bits per heavy atom. The van der Waals surface area contributed by atoms with E-state index >= 15 is 0 Å². The monoisotopic (exact) mass is 428 g/mol. The number of thioether (sulfide) groups is 1. The molecular weight excluding hydrogens is 404 g/mol. The number of para-hydroxylation sites is 1. The summed E-state index contributed by atoms with van der Waals surface area (Å²) in [6, 6.07) is 28.1. The minimum Gasteiger partial charge on any atom is -0.365 e. The quantitative estimate of drug-likeness (QED) is 0.316. The van der Waals surface area contributed by atoms with Gasteiger partial charge in [0.15, 0.2) is 5.16 Å². The molecular formula is C25H24N4OS. The third-order valence-electron chi connectivity index (χ3n) is 4.90. The van der Waals surface area contributed by atoms with E-state index in [0.29, 0.717) is 24.0 Å². The molecule has 4 aromatic rings. The van der Waals surface area contributed by atoms with E-state index in [4.69, 9.17) is 4.98 Å². The normalized spacial score (nSPS) is 10.7. The van der Waals surface area contributed by atoms with Crippen molar-refractivity contribution in [2.75, 3.05) is 18.1 Å². The number of fused-ring (bicyclic) bond motifs is 1. The van der Waals surface area contributed by atoms with E-state index in [1.807, 2.05) is 79.8 Å². The summed E-state index contributed by atoms with van der Waals surface area (Å²) in [5.41, 5.74) is 3.15. The zero-order chi connectivity index (χ0) is 21.5. The Morgan fingerprint density at radius 1 is 0.871 bits per heavy atom. The molecule has 0 spiro atoms. The van der Waals surface area contributed by atoms with Gasteiger partial charge in [-0.1, -0.05) is 84.6 Å². The van der Waals surface area contributed by atoms with E-state index in [-0.39, 0.29) is 5.91 Å². The zero-order valence-electron chi connectivity index (χ0n) is 17.4. The number of nitrogens with zero attached hydrogens (tertiary/aromatic N) is 3. The molecule has 6 heteroatoms. The Bertz CT molecular complexity index is 1150. The van der Waals surface area contributed by atoms with Crippen molar-refractivity contribution >= 4 is 34.4 Å². The summed E-state index contributed by atoms with van der Waals surface area (Å²) in [5.74, 6) is 1.12. The topological polar surface area (TPSA) is 58.1 Å². The third kappa shape index (κ3) is 5.61. The molecule has 0 saturated carbocycles. The fourth-order valence-corrected chi connectivity index (χ4v) is 4.01. The fourth-order valence-electron chi connectivity index (χ4n) is 3.22. The van der Waals surface area contributed by atoms with E-state index in [1.165, 1.54) is 17.3 Å². The van der Waals surface area contributed by atoms with Crippen LogP contribution in [0.15, 0.2) is 90.1 Å². The molecule has 0 fully saturated rings. The molecule has 0 aliphatic carbocycles. The van der Waals surface area contributed by atoms with Crippen LogP contribution < -0.4 is 5.32 Å². The van der Waals surface area contributed by atoms with Gasteiger partial charge in [0.1, 0.15) is 5.82 Å². The van der Waals surface area contributed by atoms with Gasteiger partial charge in [-0.25, -0.2) is 9.97 Å². The summed E-state index contributed by atoms with van der Waals surface area (Å²) in [6.07, 6.45) is 0. The highest BCUT2D eigenvalue weighted by atomic mass is 32.2. The number of hydrogen-bond donors (Lipinski definition) is 1. The maximum absolute atomic E-state index is 12.6. The number of aromatic nitrogens is 2. The van der Waals surface area contributed by atoms with Crippen LogP contribution in [0.3, 0.4) is 0 Å². The van der Waals surface area contributed by atoms with E-state index in [0.717, 1.165) is 22.3 Å². The van der Waals surface area contributed by atoms with E-state index in [1.54, 1.807) is 4.90 Å². The highest BCUT2D eigenvalue weighted by Gasteiger charge is 2.13. The second-order valence-corrected chi connectivity index (χ2v) is 8.18. The number of carbonyl (C=O) groups is 1. The van der Waals surface area contributed by atoms with Gasteiger partial charge in [-0.3, -0.25) is 4.79 Å². The predicted molar refractivity (Wildman–Crippen MR) is 127 cm³/mol. The van der Waals surface area contributed by atoms with Crippen molar-refractivity contribution in [2.24, 2.45) is 0 Å². The first-order chi connectivity index (χ1) is 15.2. The van der Waals surface area contributed by atoms with Crippen LogP contribution in [-0.4, -0.2) is 33.6 Å². The van der Waals surface area contributed by atoms with Gasteiger partial charge in [-0.2, -0.15) is 0 Å². The molecule has 1 heterocycles. The highest BCUT2D eigenvalue weighted by molar-refractivity contribution is 7.99. The molecule has 0 saturated heterocycles. The smallest absolute Gasteiger partial charge is 0.233 e. The van der Waals surface area contributed by atoms with Crippen molar-refractivity contribution in [3.8, 4) is 0 Å². The van der Waals surface area contributed by atoms with Gasteiger partial charge in [0, 0.05) is 25.5 Å². The van der Waals surface area contributed by atoms with Crippen molar-refractivity contribution in [3.63, 3.8) is 0 Å². The number of amides is 1. The van der Waals surface area contributed by atoms with Crippen LogP contribution in [0.1, 0.15) is 11.1 Å². The standard InChI is InChI=1S/C25H24N4OS/c1-29(17-20-12-6-3-7-13-20)23(30)18-31-25-27-22-15-9-8-14-21(22)24(28-25)26-16-19-10-4-2-5-11-19/h2-15H,16-18H2,1H3,(H,26,27,28). The second kappa shape index (κ2) is 10.1. The average molecular weight is 429 g/mol. The first-order valence-electron chi connectivity index (χ1n) is 10.1. The third-order valence-corrected chi connectivity index (χ3v) is 5.73. The van der Waals surface area contributed by atoms with Gasteiger partial charge in [0.2, 0.25) is 5.91 Å². The maximum Gasteiger partial charge on any atom is 0.233 e. The molecule has 0 unspecified atom stereocenters. The Hall–Kier alpha value is -3.38. The molecule has 1 N–H and O–H groups in total. The summed E-state index contributed by atoms with van der Waals surface area (Å²) in [4.78, 5) is 23.7. The molecule has 1 aromatic heterocycles. The molecule has 0 bridgehead atoms. The van der Waals surface area contributed by atoms with Crippen molar-refractivity contribution in [2.45, 2.75) is 18.2 Å². The number of hydrogen-bond acceptors (Lipinski definition) is 5. The Kier molecular flexibility index (Phi) is 6.79. The highest BCUT2D eigenvalue weighted by Crippen LogP contribution is 2.25. The summed E-state index contributed by atoms with van der Waals surface area (Å²) in [7, 11) is 1.82. The van der Waals surface area contributed by atoms with Crippen molar-refractivity contribution in [1.29, 1.82) is 0 Å². The number of benzene rings is 3. The van der Waals surface area contributed by atoms with Crippen LogP contribution in [0, 0.1) is 0 Å². The van der Waals surface area contributed by atoms with Crippen LogP contribution in [0.25, 0.3) is 10.9 Å². The zero-order valence-corrected chi connectivity index (χ0v) is 18.2. The molecule has 31 heavy (non-hydrogen) atoms. The molecule has 3 aromatic carbocycles. The number of rotatable bonds is 8. The Labute approximate surface area is 186 Å². The summed E-state index contributed by atoms with van der Waals surface area (Å²) >= 11 is 1.36. The largest absolute Gasteiger partial charge is 0.365 e. The van der Waals surface area contributed by atoms with Crippen molar-refractivity contribution in [1.82, 2.24) is 14.9 Å². The lowest BCUT2D eigenvalue weighted by Crippen LogP contribution is -2.27. The minimum atomic E-state index is 0.0457. The molecule has 5 nitrogen and oxygen atoms in total. The molecule has 0 radical (unpaired) electrons. The van der Waals surface area contributed by atoms with Crippen LogP contribution >= 0.6 is 11.8 Å². The molecule has 1 amide bonds. The van der Waals surface area contributed by atoms with Crippen molar-refractivity contribution < 1.29 is 4.79 Å². The van der Waals surface area contributed by atoms with Gasteiger partial charge in [-0.15, -0.1) is 0 Å². The molecule has 0 aliphatic heterocycles. The second-order valence-electron chi connectivity index (χ2n) is 7.24. The first kappa shape index (κ1) is 20.9. The van der Waals surface area contributed by atoms with Gasteiger partial charge in [0.25, 0.3) is 0 Å². The number of nitrogens with one attached hydrogen (secondary N) is 1. The van der Waals surface area contributed by atoms with Crippen LogP contribution in [0.5, 0.6) is 0 Å². The van der Waals surface area contributed by atoms with E-state index < -0.39 is 0 Å². The lowest BCUT2D eigenvalue weighted by Gasteiger charge is -2.17. The van der Waals surface area contributed by atoms with Crippen LogP contribution in [0.2, 0.25) is 0 Å². The Balaban J connectivity index is 1.45. The fraction of sp³-hybridized carbons (Fsp3) is 0.160. The lowest BCUT2D eigenvalue weighted by molar-refractivity contribution is -0.127. The average Bonchev–Trinajstić information content (AvgIpc) is 2.82. The first-order valence-corrected chi connectivity index (χ1v) is 11.1. The predicted octanol–water partition coefficient (Wildman–Crippen LogP) is 4.99. The summed E-state index contributed by atoms with van der Waals surface area (Å²) in [6.45, 7) is 1.26. The van der Waals surface area contributed by atoms with Gasteiger partial charge in [-0.05, 0) is 23.3 Å². The van der Waals surface area contributed by atoms with Crippen LogP contribution in [-0.2, 0) is 17.9 Å². The van der Waals surface area contributed by atoms with Gasteiger partial charge >= 0.3 is 0 Å². The number of anilines is 1. The van der Waals surface area contributed by atoms with E-state index in [9.17, 15) is 4.79 Å².